The van der Waals surface area contributed by atoms with Gasteiger partial charge in [0.2, 0.25) is 0 Å². The van der Waals surface area contributed by atoms with Crippen molar-refractivity contribution in [3.05, 3.63) is 132 Å². The van der Waals surface area contributed by atoms with E-state index in [1.54, 1.807) is 24.3 Å². The number of benzene rings is 5. The van der Waals surface area contributed by atoms with Gasteiger partial charge in [-0.05, 0) is 48.5 Å². The van der Waals surface area contributed by atoms with Crippen molar-refractivity contribution < 1.29 is 26.3 Å². The molecule has 5 aromatic carbocycles. The summed E-state index contributed by atoms with van der Waals surface area (Å²) in [5, 5.41) is 9.72. The van der Waals surface area contributed by atoms with E-state index >= 15 is 0 Å². The second-order valence-electron chi connectivity index (χ2n) is 10.2. The molecule has 0 aliphatic carbocycles. The molecule has 10 heteroatoms. The largest absolute Gasteiger partial charge is 0.416 e. The fourth-order valence-corrected chi connectivity index (χ4v) is 5.48. The van der Waals surface area contributed by atoms with E-state index in [0.717, 1.165) is 35.4 Å². The maximum absolute atomic E-state index is 13.7. The molecule has 0 aliphatic heterocycles. The Labute approximate surface area is 246 Å². The standard InChI is InChI=1S/C34H20F6N4/c35-33(36,37)23-11-17-27-28-18-12-24(34(38,39)40)20-30(28)43(29(27)19-23)25-13-15-26(16-14-25)44-31(21-7-3-1-4-8-21)41-42-32(44)22-9-5-2-6-10-22/h1-20H. The van der Waals surface area contributed by atoms with Crippen LogP contribution in [0.5, 0.6) is 0 Å². The molecule has 0 N–H and O–H groups in total. The highest BCUT2D eigenvalue weighted by Crippen LogP contribution is 2.40. The quantitative estimate of drug-likeness (QED) is 0.189. The molecule has 2 heterocycles. The molecule has 7 aromatic rings. The highest BCUT2D eigenvalue weighted by Gasteiger charge is 2.33. The van der Waals surface area contributed by atoms with E-state index < -0.39 is 23.5 Å². The van der Waals surface area contributed by atoms with E-state index in [-0.39, 0.29) is 11.0 Å². The van der Waals surface area contributed by atoms with Crippen LogP contribution in [0, 0.1) is 0 Å². The molecule has 0 radical (unpaired) electrons. The first-order valence-electron chi connectivity index (χ1n) is 13.5. The second kappa shape index (κ2) is 10.1. The molecule has 0 bridgehead atoms. The summed E-state index contributed by atoms with van der Waals surface area (Å²) in [5.74, 6) is 1.14. The molecule has 0 saturated heterocycles. The van der Waals surface area contributed by atoms with Gasteiger partial charge in [-0.25, -0.2) is 0 Å². The number of hydrogen-bond acceptors (Lipinski definition) is 2. The van der Waals surface area contributed by atoms with Crippen LogP contribution < -0.4 is 0 Å². The van der Waals surface area contributed by atoms with Gasteiger partial charge < -0.3 is 4.57 Å². The summed E-state index contributed by atoms with van der Waals surface area (Å²) in [7, 11) is 0. The average Bonchev–Trinajstić information content (AvgIpc) is 3.60. The van der Waals surface area contributed by atoms with Gasteiger partial charge in [0.1, 0.15) is 0 Å². The van der Waals surface area contributed by atoms with Crippen molar-refractivity contribution in [2.24, 2.45) is 0 Å². The third-order valence-electron chi connectivity index (χ3n) is 7.52. The smallest absolute Gasteiger partial charge is 0.309 e. The third kappa shape index (κ3) is 4.68. The van der Waals surface area contributed by atoms with Gasteiger partial charge in [0.15, 0.2) is 11.6 Å². The molecule has 218 valence electrons. The van der Waals surface area contributed by atoms with Gasteiger partial charge in [0.25, 0.3) is 0 Å². The van der Waals surface area contributed by atoms with Gasteiger partial charge in [0.05, 0.1) is 22.2 Å². The normalized spacial score (nSPS) is 12.3. The Bertz CT molecular complexity index is 2000. The molecule has 0 spiro atoms. The SMILES string of the molecule is FC(F)(F)c1ccc2c3ccc(C(F)(F)F)cc3n(-c3ccc(-n4c(-c5ccccc5)nnc4-c4ccccc4)cc3)c2c1. The van der Waals surface area contributed by atoms with Crippen molar-refractivity contribution in [1.82, 2.24) is 19.3 Å². The number of nitrogens with zero attached hydrogens (tertiary/aromatic N) is 4. The van der Waals surface area contributed by atoms with Crippen LogP contribution in [-0.2, 0) is 12.4 Å². The Morgan fingerprint density at radius 1 is 0.432 bits per heavy atom. The van der Waals surface area contributed by atoms with Crippen LogP contribution in [0.15, 0.2) is 121 Å². The van der Waals surface area contributed by atoms with Crippen LogP contribution >= 0.6 is 0 Å². The molecule has 0 amide bonds. The average molecular weight is 599 g/mol. The highest BCUT2D eigenvalue weighted by atomic mass is 19.4. The van der Waals surface area contributed by atoms with E-state index in [2.05, 4.69) is 10.2 Å². The fraction of sp³-hybridized carbons (Fsp3) is 0.0588. The van der Waals surface area contributed by atoms with Gasteiger partial charge in [-0.1, -0.05) is 72.8 Å². The van der Waals surface area contributed by atoms with E-state index in [0.29, 0.717) is 33.8 Å². The Hall–Kier alpha value is -5.38. The summed E-state index contributed by atoms with van der Waals surface area (Å²) in [6.07, 6.45) is -9.26. The van der Waals surface area contributed by atoms with Crippen LogP contribution in [0.25, 0.3) is 56.0 Å². The minimum atomic E-state index is -4.63. The van der Waals surface area contributed by atoms with Crippen molar-refractivity contribution >= 4 is 21.8 Å². The topological polar surface area (TPSA) is 35.6 Å². The minimum Gasteiger partial charge on any atom is -0.309 e. The molecule has 2 aromatic heterocycles. The van der Waals surface area contributed by atoms with Gasteiger partial charge in [-0.15, -0.1) is 10.2 Å². The predicted octanol–water partition coefficient (Wildman–Crippen LogP) is 9.74. The number of aromatic nitrogens is 4. The summed E-state index contributed by atoms with van der Waals surface area (Å²) >= 11 is 0. The van der Waals surface area contributed by atoms with E-state index in [9.17, 15) is 26.3 Å². The van der Waals surface area contributed by atoms with E-state index in [1.165, 1.54) is 16.7 Å². The maximum Gasteiger partial charge on any atom is 0.416 e. The summed E-state index contributed by atoms with van der Waals surface area (Å²) < 4.78 is 85.6. The number of alkyl halides is 6. The van der Waals surface area contributed by atoms with Gasteiger partial charge in [-0.2, -0.15) is 26.3 Å². The van der Waals surface area contributed by atoms with Gasteiger partial charge >= 0.3 is 12.4 Å². The first-order chi connectivity index (χ1) is 21.1. The number of rotatable bonds is 4. The molecule has 0 saturated carbocycles. The van der Waals surface area contributed by atoms with Crippen LogP contribution in [0.2, 0.25) is 0 Å². The Morgan fingerprint density at radius 2 is 0.818 bits per heavy atom. The van der Waals surface area contributed by atoms with Crippen LogP contribution in [-0.4, -0.2) is 19.3 Å². The van der Waals surface area contributed by atoms with Crippen molar-refractivity contribution in [2.45, 2.75) is 12.4 Å². The zero-order valence-corrected chi connectivity index (χ0v) is 22.6. The Kier molecular flexibility index (Phi) is 6.31. The summed E-state index contributed by atoms with van der Waals surface area (Å²) in [6, 6.07) is 32.1. The molecule has 4 nitrogen and oxygen atoms in total. The molecule has 0 unspecified atom stereocenters. The first-order valence-corrected chi connectivity index (χ1v) is 13.5. The molecule has 0 aliphatic rings. The molecule has 0 atom stereocenters. The van der Waals surface area contributed by atoms with E-state index in [1.807, 2.05) is 65.2 Å². The molecule has 0 fully saturated rings. The lowest BCUT2D eigenvalue weighted by molar-refractivity contribution is -0.138. The van der Waals surface area contributed by atoms with Crippen molar-refractivity contribution in [1.29, 1.82) is 0 Å². The lowest BCUT2D eigenvalue weighted by atomic mass is 10.1. The minimum absolute atomic E-state index is 0.140. The van der Waals surface area contributed by atoms with Crippen molar-refractivity contribution in [2.75, 3.05) is 0 Å². The van der Waals surface area contributed by atoms with Gasteiger partial charge in [-0.3, -0.25) is 4.57 Å². The Morgan fingerprint density at radius 3 is 1.20 bits per heavy atom. The zero-order valence-electron chi connectivity index (χ0n) is 22.6. The fourth-order valence-electron chi connectivity index (χ4n) is 5.48. The number of halogens is 6. The zero-order chi connectivity index (χ0) is 30.6. The molecular formula is C34H20F6N4. The van der Waals surface area contributed by atoms with Crippen molar-refractivity contribution in [3.8, 4) is 34.2 Å². The van der Waals surface area contributed by atoms with Crippen LogP contribution in [0.3, 0.4) is 0 Å². The summed E-state index contributed by atoms with van der Waals surface area (Å²) in [6.45, 7) is 0. The van der Waals surface area contributed by atoms with Crippen LogP contribution in [0.1, 0.15) is 11.1 Å². The van der Waals surface area contributed by atoms with Crippen LogP contribution in [0.4, 0.5) is 26.3 Å². The number of fused-ring (bicyclic) bond motifs is 3. The lowest BCUT2D eigenvalue weighted by Gasteiger charge is -2.14. The van der Waals surface area contributed by atoms with Gasteiger partial charge in [0, 0.05) is 33.3 Å². The number of hydrogen-bond donors (Lipinski definition) is 0. The molecule has 44 heavy (non-hydrogen) atoms. The predicted molar refractivity (Wildman–Crippen MR) is 157 cm³/mol. The lowest BCUT2D eigenvalue weighted by Crippen LogP contribution is -2.06. The van der Waals surface area contributed by atoms with E-state index in [4.69, 9.17) is 0 Å². The highest BCUT2D eigenvalue weighted by molar-refractivity contribution is 6.09. The Balaban J connectivity index is 1.44. The molecule has 7 rings (SSSR count). The first kappa shape index (κ1) is 27.5. The maximum atomic E-state index is 13.7. The molecular weight excluding hydrogens is 578 g/mol. The second-order valence-corrected chi connectivity index (χ2v) is 10.2. The summed E-state index contributed by atoms with van der Waals surface area (Å²) in [5.41, 5.74) is 1.16. The van der Waals surface area contributed by atoms with Crippen molar-refractivity contribution in [3.63, 3.8) is 0 Å². The monoisotopic (exact) mass is 598 g/mol. The third-order valence-corrected chi connectivity index (χ3v) is 7.52. The summed E-state index contributed by atoms with van der Waals surface area (Å²) in [4.78, 5) is 0.